The summed E-state index contributed by atoms with van der Waals surface area (Å²) in [4.78, 5) is 33.2. The Bertz CT molecular complexity index is 547. The third-order valence-corrected chi connectivity index (χ3v) is 2.33. The fraction of sp³-hybridized carbons (Fsp3) is 0.308. The minimum absolute atomic E-state index is 0.0124. The maximum absolute atomic E-state index is 13.3. The zero-order valence-corrected chi connectivity index (χ0v) is 11.3. The zero-order valence-electron chi connectivity index (χ0n) is 11.3. The van der Waals surface area contributed by atoms with Crippen molar-refractivity contribution < 1.29 is 28.6 Å². The van der Waals surface area contributed by atoms with Crippen LogP contribution in [-0.2, 0) is 4.79 Å². The third-order valence-electron chi connectivity index (χ3n) is 2.33. The van der Waals surface area contributed by atoms with Crippen LogP contribution in [0.2, 0.25) is 0 Å². The SMILES string of the molecule is CCCNC(=O)NC(=O)COc1ccc(C(=O)O)c(F)c1. The fourth-order valence-electron chi connectivity index (χ4n) is 1.35. The van der Waals surface area contributed by atoms with Crippen LogP contribution >= 0.6 is 0 Å². The Balaban J connectivity index is 2.48. The first-order valence-corrected chi connectivity index (χ1v) is 6.17. The maximum atomic E-state index is 13.3. The molecule has 0 saturated heterocycles. The molecule has 0 heterocycles. The summed E-state index contributed by atoms with van der Waals surface area (Å²) in [6, 6.07) is 2.46. The van der Waals surface area contributed by atoms with Gasteiger partial charge in [0, 0.05) is 12.6 Å². The van der Waals surface area contributed by atoms with Gasteiger partial charge in [-0.25, -0.2) is 14.0 Å². The quantitative estimate of drug-likeness (QED) is 0.730. The van der Waals surface area contributed by atoms with E-state index in [2.05, 4.69) is 5.32 Å². The second kappa shape index (κ2) is 7.83. The fourth-order valence-corrected chi connectivity index (χ4v) is 1.35. The molecule has 1 rings (SSSR count). The van der Waals surface area contributed by atoms with E-state index in [1.807, 2.05) is 12.2 Å². The van der Waals surface area contributed by atoms with E-state index in [1.165, 1.54) is 6.07 Å². The monoisotopic (exact) mass is 298 g/mol. The molecule has 0 saturated carbocycles. The molecule has 7 nitrogen and oxygen atoms in total. The van der Waals surface area contributed by atoms with Crippen LogP contribution in [0.1, 0.15) is 23.7 Å². The van der Waals surface area contributed by atoms with E-state index < -0.39 is 35.9 Å². The lowest BCUT2D eigenvalue weighted by atomic mass is 10.2. The number of urea groups is 1. The second-order valence-corrected chi connectivity index (χ2v) is 4.04. The van der Waals surface area contributed by atoms with Crippen molar-refractivity contribution in [2.24, 2.45) is 0 Å². The van der Waals surface area contributed by atoms with Crippen molar-refractivity contribution in [1.82, 2.24) is 10.6 Å². The number of nitrogens with one attached hydrogen (secondary N) is 2. The summed E-state index contributed by atoms with van der Waals surface area (Å²) in [7, 11) is 0. The van der Waals surface area contributed by atoms with Crippen molar-refractivity contribution in [3.05, 3.63) is 29.6 Å². The van der Waals surface area contributed by atoms with Crippen LogP contribution < -0.4 is 15.4 Å². The topological polar surface area (TPSA) is 105 Å². The first kappa shape index (κ1) is 16.4. The largest absolute Gasteiger partial charge is 0.484 e. The minimum Gasteiger partial charge on any atom is -0.484 e. The highest BCUT2D eigenvalue weighted by Gasteiger charge is 2.12. The number of ether oxygens (including phenoxy) is 1. The van der Waals surface area contributed by atoms with Crippen molar-refractivity contribution in [3.8, 4) is 5.75 Å². The smallest absolute Gasteiger partial charge is 0.338 e. The molecule has 1 aromatic carbocycles. The Hall–Kier alpha value is -2.64. The Kier molecular flexibility index (Phi) is 6.12. The van der Waals surface area contributed by atoms with Crippen LogP contribution in [-0.4, -0.2) is 36.2 Å². The van der Waals surface area contributed by atoms with Crippen LogP contribution in [0.15, 0.2) is 18.2 Å². The van der Waals surface area contributed by atoms with Crippen molar-refractivity contribution in [2.75, 3.05) is 13.2 Å². The predicted molar refractivity (Wildman–Crippen MR) is 70.7 cm³/mol. The third kappa shape index (κ3) is 5.47. The van der Waals surface area contributed by atoms with Gasteiger partial charge in [0.15, 0.2) is 6.61 Å². The van der Waals surface area contributed by atoms with Gasteiger partial charge in [0.05, 0.1) is 5.56 Å². The van der Waals surface area contributed by atoms with Crippen molar-refractivity contribution >= 4 is 17.9 Å². The van der Waals surface area contributed by atoms with Crippen molar-refractivity contribution in [1.29, 1.82) is 0 Å². The average Bonchev–Trinajstić information content (AvgIpc) is 2.42. The number of carbonyl (C=O) groups is 3. The van der Waals surface area contributed by atoms with Gasteiger partial charge < -0.3 is 15.2 Å². The number of halogens is 1. The number of carbonyl (C=O) groups excluding carboxylic acids is 2. The highest BCUT2D eigenvalue weighted by Crippen LogP contribution is 2.16. The van der Waals surface area contributed by atoms with Crippen LogP contribution in [0.3, 0.4) is 0 Å². The summed E-state index contributed by atoms with van der Waals surface area (Å²) in [5.41, 5.74) is -0.495. The van der Waals surface area contributed by atoms with E-state index in [1.54, 1.807) is 0 Å². The molecule has 1 aromatic rings. The van der Waals surface area contributed by atoms with E-state index in [9.17, 15) is 18.8 Å². The molecule has 0 aliphatic rings. The van der Waals surface area contributed by atoms with Gasteiger partial charge >= 0.3 is 12.0 Å². The zero-order chi connectivity index (χ0) is 15.8. The van der Waals surface area contributed by atoms with Gasteiger partial charge in [-0.05, 0) is 18.6 Å². The van der Waals surface area contributed by atoms with Crippen LogP contribution in [0.5, 0.6) is 5.75 Å². The van der Waals surface area contributed by atoms with Crippen LogP contribution in [0, 0.1) is 5.82 Å². The van der Waals surface area contributed by atoms with Gasteiger partial charge in [0.2, 0.25) is 0 Å². The number of hydrogen-bond donors (Lipinski definition) is 3. The number of imide groups is 1. The first-order chi connectivity index (χ1) is 9.93. The lowest BCUT2D eigenvalue weighted by molar-refractivity contribution is -0.122. The van der Waals surface area contributed by atoms with Gasteiger partial charge in [0.1, 0.15) is 11.6 Å². The molecule has 0 spiro atoms. The second-order valence-electron chi connectivity index (χ2n) is 4.04. The lowest BCUT2D eigenvalue weighted by Crippen LogP contribution is -2.41. The molecule has 3 amide bonds. The van der Waals surface area contributed by atoms with Crippen molar-refractivity contribution in [2.45, 2.75) is 13.3 Å². The van der Waals surface area contributed by atoms with Gasteiger partial charge in [-0.2, -0.15) is 0 Å². The summed E-state index contributed by atoms with van der Waals surface area (Å²) < 4.78 is 18.3. The van der Waals surface area contributed by atoms with Crippen LogP contribution in [0.4, 0.5) is 9.18 Å². The summed E-state index contributed by atoms with van der Waals surface area (Å²) in [6.07, 6.45) is 0.729. The van der Waals surface area contributed by atoms with E-state index >= 15 is 0 Å². The molecule has 0 aliphatic heterocycles. The number of benzene rings is 1. The highest BCUT2D eigenvalue weighted by atomic mass is 19.1. The molecule has 0 atom stereocenters. The minimum atomic E-state index is -1.40. The van der Waals surface area contributed by atoms with Gasteiger partial charge in [-0.15, -0.1) is 0 Å². The number of carboxylic acids is 1. The van der Waals surface area contributed by atoms with E-state index in [4.69, 9.17) is 9.84 Å². The van der Waals surface area contributed by atoms with Crippen molar-refractivity contribution in [3.63, 3.8) is 0 Å². The molecule has 21 heavy (non-hydrogen) atoms. The van der Waals surface area contributed by atoms with Gasteiger partial charge in [-0.1, -0.05) is 6.92 Å². The first-order valence-electron chi connectivity index (χ1n) is 6.17. The Morgan fingerprint density at radius 1 is 1.33 bits per heavy atom. The van der Waals surface area contributed by atoms with Gasteiger partial charge in [-0.3, -0.25) is 10.1 Å². The Labute approximate surface area is 120 Å². The molecule has 0 aromatic heterocycles. The molecule has 8 heteroatoms. The molecular formula is C13H15FN2O5. The Morgan fingerprint density at radius 3 is 2.62 bits per heavy atom. The number of amides is 3. The number of carboxylic acid groups (broad SMARTS) is 1. The standard InChI is InChI=1S/C13H15FN2O5/c1-2-5-15-13(20)16-11(17)7-21-8-3-4-9(12(18)19)10(14)6-8/h3-4,6H,2,5,7H2,1H3,(H,18,19)(H2,15,16,17,20). The van der Waals surface area contributed by atoms with Crippen LogP contribution in [0.25, 0.3) is 0 Å². The Morgan fingerprint density at radius 2 is 2.05 bits per heavy atom. The highest BCUT2D eigenvalue weighted by molar-refractivity contribution is 5.95. The molecule has 0 radical (unpaired) electrons. The summed E-state index contributed by atoms with van der Waals surface area (Å²) >= 11 is 0. The molecule has 114 valence electrons. The average molecular weight is 298 g/mol. The lowest BCUT2D eigenvalue weighted by Gasteiger charge is -2.08. The maximum Gasteiger partial charge on any atom is 0.338 e. The number of aromatic carboxylic acids is 1. The number of hydrogen-bond acceptors (Lipinski definition) is 4. The summed E-state index contributed by atoms with van der Waals surface area (Å²) in [5.74, 6) is -3.08. The summed E-state index contributed by atoms with van der Waals surface area (Å²) in [6.45, 7) is 1.80. The van der Waals surface area contributed by atoms with E-state index in [-0.39, 0.29) is 5.75 Å². The number of rotatable bonds is 6. The van der Waals surface area contributed by atoms with E-state index in [0.717, 1.165) is 18.6 Å². The molecule has 0 aliphatic carbocycles. The summed E-state index contributed by atoms with van der Waals surface area (Å²) in [5, 5.41) is 13.1. The molecular weight excluding hydrogens is 283 g/mol. The van der Waals surface area contributed by atoms with E-state index in [0.29, 0.717) is 6.54 Å². The molecule has 0 bridgehead atoms. The molecule has 0 fully saturated rings. The molecule has 0 unspecified atom stereocenters. The predicted octanol–water partition coefficient (Wildman–Crippen LogP) is 1.14. The molecule has 3 N–H and O–H groups in total. The normalized spacial score (nSPS) is 9.81. The van der Waals surface area contributed by atoms with Gasteiger partial charge in [0.25, 0.3) is 5.91 Å².